The normalized spacial score (nSPS) is 0. The van der Waals surface area contributed by atoms with Gasteiger partial charge in [0, 0.05) is 0 Å². The van der Waals surface area contributed by atoms with E-state index in [-0.39, 0.29) is 91.3 Å². The summed E-state index contributed by atoms with van der Waals surface area (Å²) in [4.78, 5) is 0. The fourth-order valence-corrected chi connectivity index (χ4v) is 0. The predicted molar refractivity (Wildman–Crippen MR) is 40.5 cm³/mol. The molecule has 0 bridgehead atoms. The second kappa shape index (κ2) is 393. The Kier molecular flexibility index (Phi) is 23900. The summed E-state index contributed by atoms with van der Waals surface area (Å²) in [5.74, 6) is 0. The molecule has 0 heterocycles. The molecule has 0 fully saturated rings. The molecule has 14 N–H and O–H groups in total. The van der Waals surface area contributed by atoms with E-state index >= 15 is 0 Å². The monoisotopic (exact) mass is 204 g/mol. The van der Waals surface area contributed by atoms with E-state index < -0.39 is 0 Å². The van der Waals surface area contributed by atoms with E-state index in [4.69, 9.17) is 0 Å². The van der Waals surface area contributed by atoms with Crippen molar-refractivity contribution >= 4 is 50.1 Å². The minimum Gasteiger partial charge on any atom is -1.00 e. The quantitative estimate of drug-likeness (QED) is 0.337. The Bertz CT molecular complexity index is 16.4. The third kappa shape index (κ3) is 304. The van der Waals surface area contributed by atoms with Gasteiger partial charge >= 0.3 is 37.7 Å². The van der Waals surface area contributed by atoms with Crippen LogP contribution in [0.2, 0.25) is 0 Å². The second-order valence-electron chi connectivity index (χ2n) is 0. The molecule has 0 aromatic carbocycles. The molecule has 0 aliphatic carbocycles. The molecule has 0 aromatic heterocycles. The van der Waals surface area contributed by atoms with Gasteiger partial charge in [-0.1, -0.05) is 0 Å². The van der Waals surface area contributed by atoms with E-state index in [9.17, 15) is 0 Å². The van der Waals surface area contributed by atoms with Gasteiger partial charge in [-0.2, -0.15) is 0 Å². The van der Waals surface area contributed by atoms with Crippen LogP contribution in [0.3, 0.4) is 0 Å². The van der Waals surface area contributed by atoms with Gasteiger partial charge in [-0.15, -0.1) is 12.4 Å². The molecular formula is H17CaClO7. The summed E-state index contributed by atoms with van der Waals surface area (Å²) < 4.78 is 0. The van der Waals surface area contributed by atoms with E-state index in [2.05, 4.69) is 0 Å². The van der Waals surface area contributed by atoms with Crippen LogP contribution in [0.15, 0.2) is 0 Å². The SMILES string of the molecule is Cl.O.O.O.O.O.O.O.[Ca+2].[H-].[H-]. The van der Waals surface area contributed by atoms with Crippen molar-refractivity contribution in [2.75, 3.05) is 0 Å². The summed E-state index contributed by atoms with van der Waals surface area (Å²) in [6, 6.07) is 0. The van der Waals surface area contributed by atoms with Crippen LogP contribution in [0.25, 0.3) is 0 Å². The molecule has 0 saturated heterocycles. The molecule has 68 valence electrons. The van der Waals surface area contributed by atoms with E-state index in [1.54, 1.807) is 0 Å². The van der Waals surface area contributed by atoms with Crippen LogP contribution in [0.5, 0.6) is 0 Å². The largest absolute Gasteiger partial charge is 2.00 e. The molecule has 0 amide bonds. The smallest absolute Gasteiger partial charge is 1.00 e. The minimum absolute atomic E-state index is 0. The molecule has 0 atom stereocenters. The maximum atomic E-state index is 0. The number of rotatable bonds is 0. The maximum absolute atomic E-state index is 0. The number of halogens is 1. The van der Waals surface area contributed by atoms with Crippen LogP contribution in [-0.2, 0) is 0 Å². The van der Waals surface area contributed by atoms with Gasteiger partial charge < -0.3 is 41.2 Å². The van der Waals surface area contributed by atoms with Crippen LogP contribution in [0, 0.1) is 0 Å². The average Bonchev–Trinajstić information content (AvgIpc) is 0. The van der Waals surface area contributed by atoms with Gasteiger partial charge in [-0.3, -0.25) is 0 Å². The first-order valence-corrected chi connectivity index (χ1v) is 0. The molecule has 0 radical (unpaired) electrons. The van der Waals surface area contributed by atoms with Crippen molar-refractivity contribution in [2.45, 2.75) is 0 Å². The molecule has 0 aliphatic rings. The molecule has 9 heteroatoms. The van der Waals surface area contributed by atoms with Crippen LogP contribution >= 0.6 is 12.4 Å². The van der Waals surface area contributed by atoms with E-state index in [1.807, 2.05) is 0 Å². The Balaban J connectivity index is 0. The van der Waals surface area contributed by atoms with E-state index in [1.165, 1.54) is 0 Å². The summed E-state index contributed by atoms with van der Waals surface area (Å²) in [6.07, 6.45) is 0. The Labute approximate surface area is 91.0 Å². The summed E-state index contributed by atoms with van der Waals surface area (Å²) in [5, 5.41) is 0. The zero-order valence-corrected chi connectivity index (χ0v) is 7.64. The molecular weight excluding hydrogens is 188 g/mol. The van der Waals surface area contributed by atoms with Crippen molar-refractivity contribution in [3.63, 3.8) is 0 Å². The van der Waals surface area contributed by atoms with E-state index in [0.717, 1.165) is 0 Å². The first-order chi connectivity index (χ1) is 0. The van der Waals surface area contributed by atoms with Gasteiger partial charge in [0.05, 0.1) is 0 Å². The average molecular weight is 205 g/mol. The number of hydrogen-bond acceptors (Lipinski definition) is 0. The van der Waals surface area contributed by atoms with Crippen molar-refractivity contribution in [1.82, 2.24) is 0 Å². The second-order valence-corrected chi connectivity index (χ2v) is 0. The van der Waals surface area contributed by atoms with Crippen molar-refractivity contribution < 1.29 is 41.2 Å². The fraction of sp³-hybridized carbons (Fsp3) is 0. The molecule has 9 heavy (non-hydrogen) atoms. The van der Waals surface area contributed by atoms with Crippen LogP contribution in [0.1, 0.15) is 2.85 Å². The predicted octanol–water partition coefficient (Wildman–Crippen LogP) is -5.51. The standard InChI is InChI=1S/Ca.ClH.7H2O.2H/h;1H;7*1H2;;/q+2;;;;;;;;;2*-1. The zero-order valence-electron chi connectivity index (χ0n) is 6.62. The van der Waals surface area contributed by atoms with Crippen molar-refractivity contribution in [3.8, 4) is 0 Å². The van der Waals surface area contributed by atoms with Gasteiger partial charge in [-0.25, -0.2) is 0 Å². The van der Waals surface area contributed by atoms with Crippen molar-refractivity contribution in [3.05, 3.63) is 0 Å². The Hall–Kier alpha value is 1.27. The maximum Gasteiger partial charge on any atom is 2.00 e. The Morgan fingerprint density at radius 2 is 0.444 bits per heavy atom. The minimum atomic E-state index is 0. The summed E-state index contributed by atoms with van der Waals surface area (Å²) in [6.45, 7) is 0. The summed E-state index contributed by atoms with van der Waals surface area (Å²) in [5.41, 5.74) is 0. The van der Waals surface area contributed by atoms with Crippen molar-refractivity contribution in [2.24, 2.45) is 0 Å². The van der Waals surface area contributed by atoms with Gasteiger partial charge in [0.1, 0.15) is 0 Å². The van der Waals surface area contributed by atoms with Gasteiger partial charge in [-0.05, 0) is 0 Å². The Morgan fingerprint density at radius 3 is 0.444 bits per heavy atom. The summed E-state index contributed by atoms with van der Waals surface area (Å²) in [7, 11) is 0. The zero-order chi connectivity index (χ0) is 0. The first kappa shape index (κ1) is 547. The molecule has 0 unspecified atom stereocenters. The third-order valence-electron chi connectivity index (χ3n) is 0. The van der Waals surface area contributed by atoms with Gasteiger partial charge in [0.25, 0.3) is 0 Å². The van der Waals surface area contributed by atoms with Gasteiger partial charge in [0.15, 0.2) is 0 Å². The number of hydrogen-bond donors (Lipinski definition) is 0. The van der Waals surface area contributed by atoms with Crippen molar-refractivity contribution in [1.29, 1.82) is 0 Å². The molecule has 0 aliphatic heterocycles. The van der Waals surface area contributed by atoms with Gasteiger partial charge in [0.2, 0.25) is 0 Å². The van der Waals surface area contributed by atoms with Crippen LogP contribution in [-0.4, -0.2) is 76.1 Å². The molecule has 0 rings (SSSR count). The molecule has 7 nitrogen and oxygen atoms in total. The summed E-state index contributed by atoms with van der Waals surface area (Å²) >= 11 is 0. The topological polar surface area (TPSA) is 220 Å². The molecule has 0 aromatic rings. The molecule has 0 spiro atoms. The van der Waals surface area contributed by atoms with E-state index in [0.29, 0.717) is 0 Å². The third-order valence-corrected chi connectivity index (χ3v) is 0. The fourth-order valence-electron chi connectivity index (χ4n) is 0. The molecule has 0 saturated carbocycles. The van der Waals surface area contributed by atoms with Crippen LogP contribution in [0.4, 0.5) is 0 Å². The first-order valence-electron chi connectivity index (χ1n) is 0. The van der Waals surface area contributed by atoms with Crippen LogP contribution < -0.4 is 0 Å². The Morgan fingerprint density at radius 1 is 0.444 bits per heavy atom.